The fraction of sp³-hybridized carbons (Fsp3) is 0.500. The normalized spacial score (nSPS) is 18.6. The number of aromatic nitrogens is 3. The number of hydrogen-bond acceptors (Lipinski definition) is 6. The number of pyridine rings is 1. The Kier molecular flexibility index (Phi) is 7.53. The van der Waals surface area contributed by atoms with Gasteiger partial charge >= 0.3 is 0 Å². The van der Waals surface area contributed by atoms with Crippen molar-refractivity contribution in [3.8, 4) is 0 Å². The van der Waals surface area contributed by atoms with Crippen LogP contribution in [0.4, 0.5) is 11.8 Å². The molecule has 4 rings (SSSR count). The second-order valence-corrected chi connectivity index (χ2v) is 9.22. The van der Waals surface area contributed by atoms with E-state index in [-0.39, 0.29) is 0 Å². The number of hydrogen-bond donors (Lipinski definition) is 2. The minimum atomic E-state index is 0.454. The third-order valence-corrected chi connectivity index (χ3v) is 6.35. The highest BCUT2D eigenvalue weighted by Crippen LogP contribution is 2.28. The number of nitrogens with one attached hydrogen (secondary N) is 2. The maximum absolute atomic E-state index is 4.80. The van der Waals surface area contributed by atoms with E-state index in [0.717, 1.165) is 60.2 Å². The summed E-state index contributed by atoms with van der Waals surface area (Å²) in [7, 11) is 4.07. The van der Waals surface area contributed by atoms with Gasteiger partial charge in [-0.25, -0.2) is 4.98 Å². The van der Waals surface area contributed by atoms with Crippen molar-refractivity contribution in [1.82, 2.24) is 20.3 Å². The summed E-state index contributed by atoms with van der Waals surface area (Å²) in [4.78, 5) is 16.2. The van der Waals surface area contributed by atoms with Crippen LogP contribution >= 0.6 is 0 Å². The number of benzene rings is 1. The molecule has 0 atom stereocenters. The molecular formula is C26H36N6. The maximum Gasteiger partial charge on any atom is 0.225 e. The molecular weight excluding hydrogens is 396 g/mol. The number of para-hydroxylation sites is 1. The summed E-state index contributed by atoms with van der Waals surface area (Å²) in [6, 6.07) is 15.0. The molecule has 1 aromatic carbocycles. The quantitative estimate of drug-likeness (QED) is 0.482. The van der Waals surface area contributed by atoms with Crippen molar-refractivity contribution >= 4 is 22.7 Å². The van der Waals surface area contributed by atoms with Gasteiger partial charge in [-0.15, -0.1) is 0 Å². The van der Waals surface area contributed by atoms with Crippen LogP contribution in [0.2, 0.25) is 0 Å². The number of fused-ring (bicyclic) bond motifs is 1. The molecule has 0 bridgehead atoms. The van der Waals surface area contributed by atoms with Crippen LogP contribution in [0.25, 0.3) is 10.9 Å². The molecule has 0 unspecified atom stereocenters. The van der Waals surface area contributed by atoms with E-state index >= 15 is 0 Å². The first-order valence-corrected chi connectivity index (χ1v) is 11.9. The van der Waals surface area contributed by atoms with E-state index in [2.05, 4.69) is 57.8 Å². The molecule has 2 N–H and O–H groups in total. The van der Waals surface area contributed by atoms with Gasteiger partial charge in [0, 0.05) is 36.9 Å². The molecule has 1 saturated carbocycles. The Morgan fingerprint density at radius 2 is 1.75 bits per heavy atom. The van der Waals surface area contributed by atoms with Gasteiger partial charge in [-0.1, -0.05) is 18.2 Å². The molecule has 1 fully saturated rings. The van der Waals surface area contributed by atoms with Crippen molar-refractivity contribution in [3.63, 3.8) is 0 Å². The molecule has 0 spiro atoms. The Balaban J connectivity index is 1.20. The molecule has 0 aliphatic heterocycles. The number of rotatable bonds is 9. The third-order valence-electron chi connectivity index (χ3n) is 6.35. The standard InChI is InChI=1S/C26H36N6/c1-19-8-6-9-21(28-19)10-7-17-27-18-20-13-15-22(16-14-20)29-26-30-24-12-5-4-11-23(24)25(31-26)32(2)3/h4-6,8-9,11-12,20,22,27H,7,10,13-18H2,1-3H3,(H,29,30,31). The lowest BCUT2D eigenvalue weighted by atomic mass is 9.86. The fourth-order valence-corrected chi connectivity index (χ4v) is 4.60. The van der Waals surface area contributed by atoms with Crippen molar-refractivity contribution in [2.45, 2.75) is 51.5 Å². The van der Waals surface area contributed by atoms with Gasteiger partial charge in [0.15, 0.2) is 0 Å². The predicted octanol–water partition coefficient (Wildman–Crippen LogP) is 4.59. The summed E-state index contributed by atoms with van der Waals surface area (Å²) in [5, 5.41) is 8.37. The van der Waals surface area contributed by atoms with E-state index in [0.29, 0.717) is 6.04 Å². The molecule has 1 aliphatic carbocycles. The zero-order valence-electron chi connectivity index (χ0n) is 19.6. The van der Waals surface area contributed by atoms with Crippen LogP contribution < -0.4 is 15.5 Å². The Labute approximate surface area is 191 Å². The summed E-state index contributed by atoms with van der Waals surface area (Å²) in [6.45, 7) is 4.23. The molecule has 6 nitrogen and oxygen atoms in total. The average Bonchev–Trinajstić information content (AvgIpc) is 2.79. The summed E-state index contributed by atoms with van der Waals surface area (Å²) < 4.78 is 0. The number of nitrogens with zero attached hydrogens (tertiary/aromatic N) is 4. The van der Waals surface area contributed by atoms with Crippen LogP contribution in [-0.4, -0.2) is 48.2 Å². The minimum Gasteiger partial charge on any atom is -0.362 e. The van der Waals surface area contributed by atoms with Crippen LogP contribution in [0.15, 0.2) is 42.5 Å². The number of anilines is 2. The number of aryl methyl sites for hydroxylation is 2. The largest absolute Gasteiger partial charge is 0.362 e. The van der Waals surface area contributed by atoms with Gasteiger partial charge in [-0.2, -0.15) is 4.98 Å². The first-order chi connectivity index (χ1) is 15.6. The first-order valence-electron chi connectivity index (χ1n) is 11.9. The Hall–Kier alpha value is -2.73. The average molecular weight is 433 g/mol. The first kappa shape index (κ1) is 22.5. The van der Waals surface area contributed by atoms with Gasteiger partial charge < -0.3 is 15.5 Å². The molecule has 0 radical (unpaired) electrons. The summed E-state index contributed by atoms with van der Waals surface area (Å²) in [5.74, 6) is 2.48. The van der Waals surface area contributed by atoms with Crippen LogP contribution in [0.5, 0.6) is 0 Å². The van der Waals surface area contributed by atoms with Gasteiger partial charge in [0.25, 0.3) is 0 Å². The SMILES string of the molecule is Cc1cccc(CCCNCC2CCC(Nc3nc(N(C)C)c4ccccc4n3)CC2)n1. The minimum absolute atomic E-state index is 0.454. The molecule has 2 heterocycles. The molecule has 3 aromatic rings. The Morgan fingerprint density at radius 1 is 0.938 bits per heavy atom. The highest BCUT2D eigenvalue weighted by molar-refractivity contribution is 5.90. The molecule has 32 heavy (non-hydrogen) atoms. The van der Waals surface area contributed by atoms with E-state index in [1.54, 1.807) is 0 Å². The smallest absolute Gasteiger partial charge is 0.225 e. The lowest BCUT2D eigenvalue weighted by Gasteiger charge is -2.29. The monoisotopic (exact) mass is 432 g/mol. The van der Waals surface area contributed by atoms with Gasteiger partial charge in [0.1, 0.15) is 5.82 Å². The lowest BCUT2D eigenvalue weighted by Crippen LogP contribution is -2.32. The second kappa shape index (κ2) is 10.7. The van der Waals surface area contributed by atoms with Crippen molar-refractivity contribution < 1.29 is 0 Å². The van der Waals surface area contributed by atoms with Crippen molar-refractivity contribution in [3.05, 3.63) is 53.9 Å². The molecule has 2 aromatic heterocycles. The Morgan fingerprint density at radius 3 is 2.53 bits per heavy atom. The van der Waals surface area contributed by atoms with Gasteiger partial charge in [-0.3, -0.25) is 4.98 Å². The third kappa shape index (κ3) is 5.94. The van der Waals surface area contributed by atoms with Crippen molar-refractivity contribution in [2.75, 3.05) is 37.4 Å². The highest BCUT2D eigenvalue weighted by atomic mass is 15.2. The van der Waals surface area contributed by atoms with Crippen LogP contribution in [0.3, 0.4) is 0 Å². The second-order valence-electron chi connectivity index (χ2n) is 9.22. The van der Waals surface area contributed by atoms with Gasteiger partial charge in [0.2, 0.25) is 5.95 Å². The van der Waals surface area contributed by atoms with Crippen LogP contribution in [0, 0.1) is 12.8 Å². The maximum atomic E-state index is 4.80. The summed E-state index contributed by atoms with van der Waals surface area (Å²) in [6.07, 6.45) is 7.03. The Bertz CT molecular complexity index is 1010. The summed E-state index contributed by atoms with van der Waals surface area (Å²) in [5.41, 5.74) is 3.30. The van der Waals surface area contributed by atoms with Gasteiger partial charge in [0.05, 0.1) is 5.52 Å². The molecule has 1 aliphatic rings. The van der Waals surface area contributed by atoms with E-state index in [1.165, 1.54) is 31.4 Å². The lowest BCUT2D eigenvalue weighted by molar-refractivity contribution is 0.324. The molecule has 6 heteroatoms. The molecule has 0 amide bonds. The van der Waals surface area contributed by atoms with E-state index in [1.807, 2.05) is 26.2 Å². The van der Waals surface area contributed by atoms with E-state index in [9.17, 15) is 0 Å². The van der Waals surface area contributed by atoms with Crippen LogP contribution in [0.1, 0.15) is 43.5 Å². The molecule has 170 valence electrons. The topological polar surface area (TPSA) is 66.0 Å². The van der Waals surface area contributed by atoms with Crippen molar-refractivity contribution in [1.29, 1.82) is 0 Å². The fourth-order valence-electron chi connectivity index (χ4n) is 4.60. The molecule has 0 saturated heterocycles. The van der Waals surface area contributed by atoms with E-state index in [4.69, 9.17) is 9.97 Å². The van der Waals surface area contributed by atoms with Crippen LogP contribution in [-0.2, 0) is 6.42 Å². The van der Waals surface area contributed by atoms with Crippen molar-refractivity contribution in [2.24, 2.45) is 5.92 Å². The van der Waals surface area contributed by atoms with Gasteiger partial charge in [-0.05, 0) is 88.7 Å². The zero-order chi connectivity index (χ0) is 22.3. The zero-order valence-corrected chi connectivity index (χ0v) is 19.6. The highest BCUT2D eigenvalue weighted by Gasteiger charge is 2.22. The predicted molar refractivity (Wildman–Crippen MR) is 133 cm³/mol. The van der Waals surface area contributed by atoms with E-state index < -0.39 is 0 Å². The summed E-state index contributed by atoms with van der Waals surface area (Å²) >= 11 is 0.